The second kappa shape index (κ2) is 8.01. The third kappa shape index (κ3) is 4.48. The molecule has 1 aliphatic rings. The van der Waals surface area contributed by atoms with Crippen molar-refractivity contribution < 1.29 is 19.1 Å². The lowest BCUT2D eigenvalue weighted by Gasteiger charge is -2.24. The molecule has 1 aromatic rings. The highest BCUT2D eigenvalue weighted by Crippen LogP contribution is 2.39. The van der Waals surface area contributed by atoms with E-state index in [4.69, 9.17) is 4.74 Å². The average molecular weight is 336 g/mol. The fourth-order valence-electron chi connectivity index (χ4n) is 2.34. The van der Waals surface area contributed by atoms with Crippen LogP contribution in [0.3, 0.4) is 0 Å². The van der Waals surface area contributed by atoms with Gasteiger partial charge in [-0.15, -0.1) is 11.8 Å². The molecule has 7 heteroatoms. The molecule has 0 bridgehead atoms. The molecule has 0 spiro atoms. The molecular formula is C16H20N2O4S. The first-order valence-electron chi connectivity index (χ1n) is 7.41. The Morgan fingerprint density at radius 3 is 2.83 bits per heavy atom. The van der Waals surface area contributed by atoms with E-state index in [9.17, 15) is 14.4 Å². The maximum atomic E-state index is 12.1. The van der Waals surface area contributed by atoms with Crippen molar-refractivity contribution in [2.45, 2.75) is 19.2 Å². The van der Waals surface area contributed by atoms with E-state index in [0.717, 1.165) is 11.1 Å². The van der Waals surface area contributed by atoms with E-state index >= 15 is 0 Å². The number of hydrogen-bond acceptors (Lipinski definition) is 5. The minimum atomic E-state index is -0.488. The van der Waals surface area contributed by atoms with Gasteiger partial charge in [0.25, 0.3) is 0 Å². The van der Waals surface area contributed by atoms with Gasteiger partial charge in [0.15, 0.2) is 0 Å². The Kier molecular flexibility index (Phi) is 6.04. The fourth-order valence-corrected chi connectivity index (χ4v) is 3.62. The molecule has 0 aromatic heterocycles. The number of carbonyl (C=O) groups is 3. The molecule has 124 valence electrons. The van der Waals surface area contributed by atoms with E-state index in [0.29, 0.717) is 5.75 Å². The summed E-state index contributed by atoms with van der Waals surface area (Å²) in [7, 11) is 0. The number of nitrogens with zero attached hydrogens (tertiary/aromatic N) is 1. The lowest BCUT2D eigenvalue weighted by atomic mass is 10.1. The van der Waals surface area contributed by atoms with Gasteiger partial charge in [-0.05, 0) is 25.0 Å². The van der Waals surface area contributed by atoms with Gasteiger partial charge in [-0.25, -0.2) is 0 Å². The molecule has 1 aromatic carbocycles. The lowest BCUT2D eigenvalue weighted by Crippen LogP contribution is -2.41. The van der Waals surface area contributed by atoms with Gasteiger partial charge in [0.05, 0.1) is 12.4 Å². The molecule has 0 radical (unpaired) electrons. The summed E-state index contributed by atoms with van der Waals surface area (Å²) < 4.78 is 4.75. The zero-order valence-electron chi connectivity index (χ0n) is 13.2. The van der Waals surface area contributed by atoms with Crippen molar-refractivity contribution in [1.29, 1.82) is 0 Å². The molecule has 1 unspecified atom stereocenters. The van der Waals surface area contributed by atoms with Crippen LogP contribution in [0.15, 0.2) is 24.3 Å². The third-order valence-corrected chi connectivity index (χ3v) is 4.71. The van der Waals surface area contributed by atoms with E-state index in [1.54, 1.807) is 11.8 Å². The van der Waals surface area contributed by atoms with Crippen LogP contribution in [-0.2, 0) is 19.1 Å². The molecule has 6 nitrogen and oxygen atoms in total. The Morgan fingerprint density at radius 2 is 2.13 bits per heavy atom. The number of ether oxygens (including phenoxy) is 1. The number of nitrogens with one attached hydrogen (secondary N) is 1. The number of benzene rings is 1. The first-order valence-corrected chi connectivity index (χ1v) is 8.46. The Hall–Kier alpha value is -2.02. The third-order valence-electron chi connectivity index (χ3n) is 3.47. The van der Waals surface area contributed by atoms with Crippen LogP contribution in [-0.4, -0.2) is 48.1 Å². The fraction of sp³-hybridized carbons (Fsp3) is 0.438. The standard InChI is InChI=1S/C16H20N2O4S/c1-3-22-15(21)8-17-13(19)9-18-14(20)10-23-16(18)12-7-5-4-6-11(12)2/h4-7,16H,3,8-10H2,1-2H3,(H,17,19). The number of thioether (sulfide) groups is 1. The van der Waals surface area contributed by atoms with Crippen LogP contribution in [0.1, 0.15) is 23.4 Å². The van der Waals surface area contributed by atoms with Crippen LogP contribution in [0.4, 0.5) is 0 Å². The molecule has 0 aliphatic carbocycles. The van der Waals surface area contributed by atoms with Gasteiger partial charge in [0.2, 0.25) is 11.8 Å². The quantitative estimate of drug-likeness (QED) is 0.791. The van der Waals surface area contributed by atoms with Crippen molar-refractivity contribution in [3.63, 3.8) is 0 Å². The molecule has 1 aliphatic heterocycles. The highest BCUT2D eigenvalue weighted by molar-refractivity contribution is 8.00. The first kappa shape index (κ1) is 17.3. The number of amides is 2. The van der Waals surface area contributed by atoms with Gasteiger partial charge in [0, 0.05) is 0 Å². The molecule has 2 amide bonds. The van der Waals surface area contributed by atoms with E-state index in [1.165, 1.54) is 11.8 Å². The largest absolute Gasteiger partial charge is 0.465 e. The Morgan fingerprint density at radius 1 is 1.39 bits per heavy atom. The second-order valence-corrected chi connectivity index (χ2v) is 6.19. The summed E-state index contributed by atoms with van der Waals surface area (Å²) in [5.74, 6) is -0.579. The molecule has 1 fully saturated rings. The zero-order valence-corrected chi connectivity index (χ0v) is 14.0. The van der Waals surface area contributed by atoms with Crippen LogP contribution >= 0.6 is 11.8 Å². The normalized spacial score (nSPS) is 17.2. The Bertz CT molecular complexity index is 605. The number of aryl methyl sites for hydroxylation is 1. The molecule has 1 N–H and O–H groups in total. The summed E-state index contributed by atoms with van der Waals surface area (Å²) in [5.41, 5.74) is 2.11. The predicted octanol–water partition coefficient (Wildman–Crippen LogP) is 1.25. The maximum Gasteiger partial charge on any atom is 0.325 e. The van der Waals surface area contributed by atoms with Gasteiger partial charge in [-0.1, -0.05) is 24.3 Å². The summed E-state index contributed by atoms with van der Waals surface area (Å²) in [4.78, 5) is 36.9. The number of carbonyl (C=O) groups excluding carboxylic acids is 3. The smallest absolute Gasteiger partial charge is 0.325 e. The van der Waals surface area contributed by atoms with Crippen molar-refractivity contribution in [1.82, 2.24) is 10.2 Å². The van der Waals surface area contributed by atoms with Crippen molar-refractivity contribution in [2.24, 2.45) is 0 Å². The van der Waals surface area contributed by atoms with Crippen LogP contribution in [0.5, 0.6) is 0 Å². The SMILES string of the molecule is CCOC(=O)CNC(=O)CN1C(=O)CSC1c1ccccc1C. The number of hydrogen-bond donors (Lipinski definition) is 1. The Balaban J connectivity index is 1.99. The summed E-state index contributed by atoms with van der Waals surface area (Å²) >= 11 is 1.51. The van der Waals surface area contributed by atoms with Crippen molar-refractivity contribution in [2.75, 3.05) is 25.4 Å². The summed E-state index contributed by atoms with van der Waals surface area (Å²) in [6, 6.07) is 7.81. The molecule has 1 heterocycles. The highest BCUT2D eigenvalue weighted by atomic mass is 32.2. The minimum Gasteiger partial charge on any atom is -0.465 e. The minimum absolute atomic E-state index is 0.0652. The molecule has 1 atom stereocenters. The van der Waals surface area contributed by atoms with E-state index < -0.39 is 5.97 Å². The number of rotatable bonds is 6. The van der Waals surface area contributed by atoms with Gasteiger partial charge in [-0.3, -0.25) is 14.4 Å². The predicted molar refractivity (Wildman–Crippen MR) is 87.7 cm³/mol. The summed E-state index contributed by atoms with van der Waals surface area (Å²) in [5, 5.41) is 2.32. The highest BCUT2D eigenvalue weighted by Gasteiger charge is 2.34. The van der Waals surface area contributed by atoms with Gasteiger partial charge in [-0.2, -0.15) is 0 Å². The van der Waals surface area contributed by atoms with Crippen LogP contribution in [0.25, 0.3) is 0 Å². The van der Waals surface area contributed by atoms with Crippen molar-refractivity contribution in [3.8, 4) is 0 Å². The lowest BCUT2D eigenvalue weighted by molar-refractivity contribution is -0.143. The van der Waals surface area contributed by atoms with E-state index in [-0.39, 0.29) is 36.9 Å². The Labute approximate surface area is 139 Å². The monoisotopic (exact) mass is 336 g/mol. The van der Waals surface area contributed by atoms with Crippen molar-refractivity contribution >= 4 is 29.5 Å². The summed E-state index contributed by atoms with van der Waals surface area (Å²) in [6.45, 7) is 3.71. The molecule has 1 saturated heterocycles. The maximum absolute atomic E-state index is 12.1. The van der Waals surface area contributed by atoms with Crippen LogP contribution in [0.2, 0.25) is 0 Å². The van der Waals surface area contributed by atoms with E-state index in [1.807, 2.05) is 31.2 Å². The van der Waals surface area contributed by atoms with Crippen LogP contribution in [0, 0.1) is 6.92 Å². The second-order valence-electron chi connectivity index (χ2n) is 5.12. The molecule has 0 saturated carbocycles. The number of esters is 1. The van der Waals surface area contributed by atoms with Gasteiger partial charge < -0.3 is 15.0 Å². The first-order chi connectivity index (χ1) is 11.0. The van der Waals surface area contributed by atoms with Gasteiger partial charge in [0.1, 0.15) is 18.5 Å². The van der Waals surface area contributed by atoms with Crippen molar-refractivity contribution in [3.05, 3.63) is 35.4 Å². The summed E-state index contributed by atoms with van der Waals surface area (Å²) in [6.07, 6.45) is 0. The molecule has 23 heavy (non-hydrogen) atoms. The van der Waals surface area contributed by atoms with E-state index in [2.05, 4.69) is 5.32 Å². The average Bonchev–Trinajstić information content (AvgIpc) is 2.87. The van der Waals surface area contributed by atoms with Crippen LogP contribution < -0.4 is 5.32 Å². The van der Waals surface area contributed by atoms with Gasteiger partial charge >= 0.3 is 5.97 Å². The zero-order chi connectivity index (χ0) is 16.8. The molecule has 2 rings (SSSR count). The molecular weight excluding hydrogens is 316 g/mol. The topological polar surface area (TPSA) is 75.7 Å².